The van der Waals surface area contributed by atoms with E-state index in [0.717, 1.165) is 0 Å². The van der Waals surface area contributed by atoms with Crippen LogP contribution < -0.4 is 0 Å². The number of esters is 2. The van der Waals surface area contributed by atoms with Gasteiger partial charge in [0.2, 0.25) is 0 Å². The highest BCUT2D eigenvalue weighted by Gasteiger charge is 2.33. The molecule has 0 saturated carbocycles. The maximum atomic E-state index is 11.0. The average molecular weight is 170 g/mol. The Hall–Kier alpha value is -1.32. The fraction of sp³-hybridized carbons (Fsp3) is 0.500. The number of rotatable bonds is 0. The Balaban J connectivity index is 2.87. The van der Waals surface area contributed by atoms with E-state index in [1.165, 1.54) is 13.8 Å². The lowest BCUT2D eigenvalue weighted by Crippen LogP contribution is -2.30. The normalized spacial score (nSPS) is 22.7. The Morgan fingerprint density at radius 3 is 2.50 bits per heavy atom. The van der Waals surface area contributed by atoms with Crippen LogP contribution in [-0.4, -0.2) is 17.7 Å². The fourth-order valence-corrected chi connectivity index (χ4v) is 0.873. The minimum Gasteiger partial charge on any atom is -0.423 e. The molecule has 0 aromatic heterocycles. The molecule has 0 aromatic carbocycles. The predicted octanol–water partition coefficient (Wildman–Crippen LogP) is 0.769. The van der Waals surface area contributed by atoms with E-state index in [1.807, 2.05) is 0 Å². The van der Waals surface area contributed by atoms with Crippen molar-refractivity contribution in [3.63, 3.8) is 0 Å². The maximum absolute atomic E-state index is 11.0. The third-order valence-corrected chi connectivity index (χ3v) is 1.34. The molecule has 12 heavy (non-hydrogen) atoms. The molecule has 0 unspecified atom stereocenters. The molecular weight excluding hydrogens is 160 g/mol. The van der Waals surface area contributed by atoms with Crippen molar-refractivity contribution in [3.05, 3.63) is 12.2 Å². The smallest absolute Gasteiger partial charge is 0.337 e. The zero-order chi connectivity index (χ0) is 9.35. The van der Waals surface area contributed by atoms with E-state index in [2.05, 4.69) is 6.58 Å². The van der Waals surface area contributed by atoms with Gasteiger partial charge in [-0.3, -0.25) is 4.79 Å². The minimum atomic E-state index is -1.17. The molecule has 0 spiro atoms. The number of carbonyl (C=O) groups is 2. The molecule has 1 fully saturated rings. The molecule has 4 heteroatoms. The topological polar surface area (TPSA) is 52.6 Å². The van der Waals surface area contributed by atoms with Crippen molar-refractivity contribution >= 4 is 11.9 Å². The maximum Gasteiger partial charge on any atom is 0.337 e. The monoisotopic (exact) mass is 170 g/mol. The second-order valence-corrected chi connectivity index (χ2v) is 3.04. The molecule has 0 aliphatic carbocycles. The molecule has 1 saturated heterocycles. The standard InChI is InChI=1S/C8H10O4/c1-5-4-6(9)11-8(2,3)12-7(5)10/h1,4H2,2-3H3. The van der Waals surface area contributed by atoms with Crippen molar-refractivity contribution in [2.45, 2.75) is 26.1 Å². The third-order valence-electron chi connectivity index (χ3n) is 1.34. The van der Waals surface area contributed by atoms with Crippen molar-refractivity contribution in [1.82, 2.24) is 0 Å². The summed E-state index contributed by atoms with van der Waals surface area (Å²) in [4.78, 5) is 22.0. The SMILES string of the molecule is C=C1CC(=O)OC(C)(C)OC1=O. The van der Waals surface area contributed by atoms with Gasteiger partial charge in [0.15, 0.2) is 0 Å². The van der Waals surface area contributed by atoms with Crippen LogP contribution in [0.5, 0.6) is 0 Å². The Morgan fingerprint density at radius 1 is 1.33 bits per heavy atom. The van der Waals surface area contributed by atoms with E-state index in [0.29, 0.717) is 0 Å². The van der Waals surface area contributed by atoms with Crippen molar-refractivity contribution in [2.24, 2.45) is 0 Å². The summed E-state index contributed by atoms with van der Waals surface area (Å²) in [5.74, 6) is -2.24. The fourth-order valence-electron chi connectivity index (χ4n) is 0.873. The highest BCUT2D eigenvalue weighted by atomic mass is 16.7. The molecule has 1 aliphatic rings. The van der Waals surface area contributed by atoms with Crippen LogP contribution >= 0.6 is 0 Å². The number of hydrogen-bond donors (Lipinski definition) is 0. The lowest BCUT2D eigenvalue weighted by molar-refractivity contribution is -0.207. The summed E-state index contributed by atoms with van der Waals surface area (Å²) < 4.78 is 9.60. The summed E-state index contributed by atoms with van der Waals surface area (Å²) in [6, 6.07) is 0. The van der Waals surface area contributed by atoms with Gasteiger partial charge in [-0.25, -0.2) is 4.79 Å². The first kappa shape index (κ1) is 8.77. The summed E-state index contributed by atoms with van der Waals surface area (Å²) in [5.41, 5.74) is 0.130. The zero-order valence-corrected chi connectivity index (χ0v) is 7.05. The van der Waals surface area contributed by atoms with Crippen LogP contribution in [0.15, 0.2) is 12.2 Å². The minimum absolute atomic E-state index is 0.0950. The molecule has 0 radical (unpaired) electrons. The molecule has 4 nitrogen and oxygen atoms in total. The van der Waals surface area contributed by atoms with Gasteiger partial charge in [0.25, 0.3) is 5.79 Å². The van der Waals surface area contributed by atoms with Gasteiger partial charge in [-0.15, -0.1) is 0 Å². The molecular formula is C8H10O4. The van der Waals surface area contributed by atoms with Crippen molar-refractivity contribution in [3.8, 4) is 0 Å². The van der Waals surface area contributed by atoms with Gasteiger partial charge in [-0.1, -0.05) is 6.58 Å². The summed E-state index contributed by atoms with van der Waals surface area (Å²) in [6.07, 6.45) is -0.0950. The van der Waals surface area contributed by atoms with Crippen LogP contribution in [-0.2, 0) is 19.1 Å². The van der Waals surface area contributed by atoms with Crippen LogP contribution in [0, 0.1) is 0 Å². The van der Waals surface area contributed by atoms with Gasteiger partial charge in [-0.2, -0.15) is 0 Å². The molecule has 0 aromatic rings. The molecule has 66 valence electrons. The van der Waals surface area contributed by atoms with Crippen LogP contribution in [0.2, 0.25) is 0 Å². The Labute approximate surface area is 70.1 Å². The van der Waals surface area contributed by atoms with Crippen LogP contribution in [0.1, 0.15) is 20.3 Å². The Morgan fingerprint density at radius 2 is 1.92 bits per heavy atom. The van der Waals surface area contributed by atoms with Gasteiger partial charge < -0.3 is 9.47 Å². The van der Waals surface area contributed by atoms with E-state index >= 15 is 0 Å². The van der Waals surface area contributed by atoms with Crippen LogP contribution in [0.3, 0.4) is 0 Å². The first-order valence-corrected chi connectivity index (χ1v) is 3.54. The van der Waals surface area contributed by atoms with Crippen molar-refractivity contribution < 1.29 is 19.1 Å². The first-order chi connectivity index (χ1) is 5.41. The summed E-state index contributed by atoms with van der Waals surface area (Å²) in [5, 5.41) is 0. The molecule has 0 amide bonds. The molecule has 1 rings (SSSR count). The zero-order valence-electron chi connectivity index (χ0n) is 7.05. The predicted molar refractivity (Wildman–Crippen MR) is 40.0 cm³/mol. The van der Waals surface area contributed by atoms with E-state index in [1.54, 1.807) is 0 Å². The average Bonchev–Trinajstić information content (AvgIpc) is 1.89. The Kier molecular flexibility index (Phi) is 1.92. The third kappa shape index (κ3) is 1.84. The second kappa shape index (κ2) is 2.62. The molecule has 1 heterocycles. The van der Waals surface area contributed by atoms with Crippen LogP contribution in [0.4, 0.5) is 0 Å². The van der Waals surface area contributed by atoms with Crippen molar-refractivity contribution in [2.75, 3.05) is 0 Å². The quantitative estimate of drug-likeness (QED) is 0.398. The highest BCUT2D eigenvalue weighted by Crippen LogP contribution is 2.20. The largest absolute Gasteiger partial charge is 0.423 e. The van der Waals surface area contributed by atoms with Gasteiger partial charge in [0, 0.05) is 19.4 Å². The first-order valence-electron chi connectivity index (χ1n) is 3.54. The van der Waals surface area contributed by atoms with Gasteiger partial charge >= 0.3 is 11.9 Å². The molecule has 0 N–H and O–H groups in total. The van der Waals surface area contributed by atoms with E-state index in [4.69, 9.17) is 9.47 Å². The number of hydrogen-bond acceptors (Lipinski definition) is 4. The van der Waals surface area contributed by atoms with Crippen molar-refractivity contribution in [1.29, 1.82) is 0 Å². The van der Waals surface area contributed by atoms with E-state index in [9.17, 15) is 9.59 Å². The molecule has 1 aliphatic heterocycles. The number of carbonyl (C=O) groups excluding carboxylic acids is 2. The van der Waals surface area contributed by atoms with Crippen LogP contribution in [0.25, 0.3) is 0 Å². The van der Waals surface area contributed by atoms with Gasteiger partial charge in [0.05, 0.1) is 6.42 Å². The Bertz CT molecular complexity index is 252. The summed E-state index contributed by atoms with van der Waals surface area (Å²) in [7, 11) is 0. The summed E-state index contributed by atoms with van der Waals surface area (Å²) in [6.45, 7) is 6.40. The van der Waals surface area contributed by atoms with E-state index in [-0.39, 0.29) is 12.0 Å². The second-order valence-electron chi connectivity index (χ2n) is 3.04. The molecule has 0 atom stereocenters. The molecule has 0 bridgehead atoms. The lowest BCUT2D eigenvalue weighted by Gasteiger charge is -2.21. The highest BCUT2D eigenvalue weighted by molar-refractivity contribution is 5.94. The van der Waals surface area contributed by atoms with E-state index < -0.39 is 17.7 Å². The summed E-state index contributed by atoms with van der Waals surface area (Å²) >= 11 is 0. The van der Waals surface area contributed by atoms with Gasteiger partial charge in [-0.05, 0) is 0 Å². The number of cyclic esters (lactones) is 2. The van der Waals surface area contributed by atoms with Gasteiger partial charge in [0.1, 0.15) is 0 Å². The lowest BCUT2D eigenvalue weighted by atomic mass is 10.2. The number of ether oxygens (including phenoxy) is 2.